The molecule has 10 heteroatoms. The quantitative estimate of drug-likeness (QED) is 0.584. The molecule has 0 saturated carbocycles. The Morgan fingerprint density at radius 2 is 2.32 bits per heavy atom. The van der Waals surface area contributed by atoms with Crippen molar-refractivity contribution in [1.29, 1.82) is 0 Å². The number of hydrogen-bond acceptors (Lipinski definition) is 5. The van der Waals surface area contributed by atoms with Crippen LogP contribution in [0.3, 0.4) is 0 Å². The van der Waals surface area contributed by atoms with Crippen LogP contribution in [0.4, 0.5) is 4.79 Å². The van der Waals surface area contributed by atoms with Gasteiger partial charge in [0.25, 0.3) is 0 Å². The first-order chi connectivity index (χ1) is 10.3. The first-order valence-corrected chi connectivity index (χ1v) is 8.38. The molecule has 0 radical (unpaired) electrons. The molecule has 2 rings (SSSR count). The Morgan fingerprint density at radius 1 is 1.59 bits per heavy atom. The zero-order valence-electron chi connectivity index (χ0n) is 12.0. The number of methoxy groups -OCH3 is 1. The van der Waals surface area contributed by atoms with Crippen molar-refractivity contribution < 1.29 is 33.4 Å². The SMILES string of the molecule is C=C1C=CN([C@@H]2OC[C@H](OCCP(=O)(O)O)[C@H]2OC)C(=O)N1. The number of carbonyl (C=O) groups excluding carboxylic acids is 1. The van der Waals surface area contributed by atoms with Gasteiger partial charge in [0.15, 0.2) is 6.23 Å². The molecular weight excluding hydrogens is 315 g/mol. The van der Waals surface area contributed by atoms with Crippen LogP contribution in [-0.2, 0) is 18.8 Å². The predicted molar refractivity (Wildman–Crippen MR) is 75.8 cm³/mol. The van der Waals surface area contributed by atoms with Crippen LogP contribution in [0.25, 0.3) is 0 Å². The van der Waals surface area contributed by atoms with E-state index in [1.165, 1.54) is 18.2 Å². The average Bonchev–Trinajstić information content (AvgIpc) is 2.80. The van der Waals surface area contributed by atoms with Gasteiger partial charge >= 0.3 is 13.6 Å². The van der Waals surface area contributed by atoms with Crippen LogP contribution in [-0.4, -0.2) is 65.6 Å². The lowest BCUT2D eigenvalue weighted by molar-refractivity contribution is -0.0666. The number of nitrogens with zero attached hydrogens (tertiary/aromatic N) is 1. The number of amides is 2. The zero-order chi connectivity index (χ0) is 16.3. The number of allylic oxidation sites excluding steroid dienone is 1. The van der Waals surface area contributed by atoms with Crippen molar-refractivity contribution in [3.8, 4) is 0 Å². The highest BCUT2D eigenvalue weighted by molar-refractivity contribution is 7.51. The van der Waals surface area contributed by atoms with Crippen molar-refractivity contribution in [1.82, 2.24) is 10.2 Å². The molecule has 3 N–H and O–H groups in total. The number of hydrogen-bond donors (Lipinski definition) is 3. The molecule has 0 bridgehead atoms. The number of ether oxygens (including phenoxy) is 3. The second-order valence-electron chi connectivity index (χ2n) is 4.90. The van der Waals surface area contributed by atoms with Crippen LogP contribution in [0.2, 0.25) is 0 Å². The maximum Gasteiger partial charge on any atom is 0.328 e. The number of carbonyl (C=O) groups is 1. The standard InChI is InChI=1S/C12H19N2O7P/c1-8-3-4-14(12(15)13-8)11-10(19-2)9(7-21-11)20-5-6-22(16,17)18/h3-4,9-11H,1,5-7H2,2H3,(H,13,15)(H2,16,17,18)/t9-,10+,11+/m0/s1. The molecule has 9 nitrogen and oxygen atoms in total. The summed E-state index contributed by atoms with van der Waals surface area (Å²) in [6.07, 6.45) is 1.00. The first kappa shape index (κ1) is 17.1. The summed E-state index contributed by atoms with van der Waals surface area (Å²) in [7, 11) is -2.66. The Labute approximate surface area is 127 Å². The Balaban J connectivity index is 1.97. The van der Waals surface area contributed by atoms with Gasteiger partial charge in [0.05, 0.1) is 19.4 Å². The molecule has 22 heavy (non-hydrogen) atoms. The van der Waals surface area contributed by atoms with Crippen LogP contribution in [0.15, 0.2) is 24.6 Å². The second-order valence-corrected chi connectivity index (χ2v) is 6.68. The highest BCUT2D eigenvalue weighted by atomic mass is 31.2. The van der Waals surface area contributed by atoms with Gasteiger partial charge in [-0.15, -0.1) is 0 Å². The van der Waals surface area contributed by atoms with Gasteiger partial charge in [0.2, 0.25) is 0 Å². The van der Waals surface area contributed by atoms with Gasteiger partial charge in [-0.25, -0.2) is 4.79 Å². The maximum absolute atomic E-state index is 11.9. The lowest BCUT2D eigenvalue weighted by Gasteiger charge is -2.31. The van der Waals surface area contributed by atoms with Crippen molar-refractivity contribution >= 4 is 13.6 Å². The molecule has 0 spiro atoms. The van der Waals surface area contributed by atoms with Gasteiger partial charge < -0.3 is 29.3 Å². The third kappa shape index (κ3) is 4.16. The summed E-state index contributed by atoms with van der Waals surface area (Å²) in [5.41, 5.74) is 0.475. The minimum absolute atomic E-state index is 0.121. The molecule has 3 atom stereocenters. The molecule has 1 fully saturated rings. The largest absolute Gasteiger partial charge is 0.374 e. The molecule has 0 aliphatic carbocycles. The molecule has 2 aliphatic heterocycles. The van der Waals surface area contributed by atoms with Crippen LogP contribution >= 0.6 is 7.60 Å². The van der Waals surface area contributed by atoms with E-state index < -0.39 is 32.1 Å². The van der Waals surface area contributed by atoms with Crippen molar-refractivity contribution in [3.05, 3.63) is 24.6 Å². The lowest BCUT2D eigenvalue weighted by Crippen LogP contribution is -2.50. The van der Waals surface area contributed by atoms with Crippen LogP contribution in [0.1, 0.15) is 0 Å². The van der Waals surface area contributed by atoms with E-state index in [1.54, 1.807) is 6.08 Å². The Kier molecular flexibility index (Phi) is 5.38. The molecule has 0 aromatic rings. The molecular formula is C12H19N2O7P. The molecule has 0 aromatic heterocycles. The third-order valence-corrected chi connectivity index (χ3v) is 4.04. The van der Waals surface area contributed by atoms with E-state index in [1.807, 2.05) is 0 Å². The highest BCUT2D eigenvalue weighted by Crippen LogP contribution is 2.34. The number of rotatable bonds is 6. The molecule has 2 aliphatic rings. The van der Waals surface area contributed by atoms with Crippen LogP contribution in [0, 0.1) is 0 Å². The third-order valence-electron chi connectivity index (χ3n) is 3.28. The van der Waals surface area contributed by atoms with E-state index in [9.17, 15) is 9.36 Å². The molecule has 2 heterocycles. The lowest BCUT2D eigenvalue weighted by atomic mass is 10.2. The summed E-state index contributed by atoms with van der Waals surface area (Å²) in [4.78, 5) is 30.9. The van der Waals surface area contributed by atoms with Crippen molar-refractivity contribution in [2.24, 2.45) is 0 Å². The average molecular weight is 334 g/mol. The smallest absolute Gasteiger partial charge is 0.328 e. The van der Waals surface area contributed by atoms with E-state index in [0.29, 0.717) is 5.70 Å². The normalized spacial score (nSPS) is 29.0. The summed E-state index contributed by atoms with van der Waals surface area (Å²) in [6.45, 7) is 3.66. The monoisotopic (exact) mass is 334 g/mol. The summed E-state index contributed by atoms with van der Waals surface area (Å²) in [5, 5.41) is 2.56. The minimum atomic E-state index is -4.11. The minimum Gasteiger partial charge on any atom is -0.374 e. The van der Waals surface area contributed by atoms with Gasteiger partial charge in [-0.05, 0) is 6.08 Å². The molecule has 124 valence electrons. The first-order valence-electron chi connectivity index (χ1n) is 6.59. The number of nitrogens with one attached hydrogen (secondary N) is 1. The molecule has 0 unspecified atom stereocenters. The van der Waals surface area contributed by atoms with Crippen LogP contribution in [0.5, 0.6) is 0 Å². The van der Waals surface area contributed by atoms with Gasteiger partial charge in [0, 0.05) is 19.0 Å². The molecule has 1 saturated heterocycles. The fraction of sp³-hybridized carbons (Fsp3) is 0.583. The predicted octanol–water partition coefficient (Wildman–Crippen LogP) is -0.0268. The summed E-state index contributed by atoms with van der Waals surface area (Å²) in [6, 6.07) is -0.393. The topological polar surface area (TPSA) is 118 Å². The van der Waals surface area contributed by atoms with E-state index >= 15 is 0 Å². The highest BCUT2D eigenvalue weighted by Gasteiger charge is 2.43. The van der Waals surface area contributed by atoms with Crippen LogP contribution < -0.4 is 5.32 Å². The maximum atomic E-state index is 11.9. The van der Waals surface area contributed by atoms with Gasteiger partial charge in [0.1, 0.15) is 12.2 Å². The molecule has 2 amide bonds. The summed E-state index contributed by atoms with van der Waals surface area (Å²) < 4.78 is 27.1. The Hall–Kier alpha value is -1.22. The zero-order valence-corrected chi connectivity index (χ0v) is 12.9. The van der Waals surface area contributed by atoms with Gasteiger partial charge in [-0.3, -0.25) is 9.46 Å². The van der Waals surface area contributed by atoms with Crippen molar-refractivity contribution in [2.45, 2.75) is 18.4 Å². The summed E-state index contributed by atoms with van der Waals surface area (Å²) >= 11 is 0. The Bertz CT molecular complexity index is 518. The van der Waals surface area contributed by atoms with Gasteiger partial charge in [-0.1, -0.05) is 6.58 Å². The van der Waals surface area contributed by atoms with E-state index in [2.05, 4.69) is 11.9 Å². The van der Waals surface area contributed by atoms with E-state index in [-0.39, 0.29) is 19.4 Å². The second kappa shape index (κ2) is 6.91. The Morgan fingerprint density at radius 3 is 2.91 bits per heavy atom. The van der Waals surface area contributed by atoms with Crippen molar-refractivity contribution in [3.63, 3.8) is 0 Å². The molecule has 0 aromatic carbocycles. The number of urea groups is 1. The fourth-order valence-electron chi connectivity index (χ4n) is 2.22. The summed E-state index contributed by atoms with van der Waals surface area (Å²) in [5.74, 6) is 0. The van der Waals surface area contributed by atoms with E-state index in [0.717, 1.165) is 0 Å². The van der Waals surface area contributed by atoms with E-state index in [4.69, 9.17) is 24.0 Å². The van der Waals surface area contributed by atoms with Crippen molar-refractivity contribution in [2.75, 3.05) is 26.5 Å². The fourth-order valence-corrected chi connectivity index (χ4v) is 2.56. The van der Waals surface area contributed by atoms with Gasteiger partial charge in [-0.2, -0.15) is 0 Å².